The molecule has 0 bridgehead atoms. The normalized spacial score (nSPS) is 19.7. The number of aromatic nitrogens is 3. The summed E-state index contributed by atoms with van der Waals surface area (Å²) >= 11 is 0. The second-order valence-corrected chi connectivity index (χ2v) is 19.7. The number of methoxy groups -OCH3 is 2. The lowest BCUT2D eigenvalue weighted by molar-refractivity contribution is -0.0929. The van der Waals surface area contributed by atoms with E-state index < -0.39 is 47.1 Å². The Balaban J connectivity index is 1.50. The van der Waals surface area contributed by atoms with Crippen molar-refractivity contribution in [2.24, 2.45) is 0 Å². The molecule has 14 heteroatoms. The predicted octanol–water partition coefficient (Wildman–Crippen LogP) is 6.41. The van der Waals surface area contributed by atoms with E-state index in [0.29, 0.717) is 17.3 Å². The van der Waals surface area contributed by atoms with Gasteiger partial charge in [-0.15, -0.1) is 0 Å². The Morgan fingerprint density at radius 2 is 1.40 bits per heavy atom. The summed E-state index contributed by atoms with van der Waals surface area (Å²) in [5.41, 5.74) is 1.10. The van der Waals surface area contributed by atoms with E-state index in [1.54, 1.807) is 31.2 Å². The molecular formula is C38H46N3O9PSi. The number of imidazole rings is 1. The summed E-state index contributed by atoms with van der Waals surface area (Å²) in [7, 11) is -2.15. The standard InChI is InChI=1S/C38H46N3O9PSi/c1-37(2,3)52(6,7)50-33-31(48-35(34(33)49-51(43)44)41-23-21-32(42)40-24-22-39-36(40)41)25-47-38(26-11-9-8-10-12-26,27-13-17-29(45-4)18-14-27)28-15-19-30(46-5)20-16-28/h8-24,31,33-35,43-44H,25H2,1-7H3/t31-,33-,34-,35-/m1/s1. The number of ether oxygens (including phenoxy) is 4. The van der Waals surface area contributed by atoms with Gasteiger partial charge >= 0.3 is 8.60 Å². The summed E-state index contributed by atoms with van der Waals surface area (Å²) < 4.78 is 41.1. The molecule has 0 amide bonds. The second-order valence-electron chi connectivity index (χ2n) is 14.2. The molecule has 12 nitrogen and oxygen atoms in total. The molecule has 0 spiro atoms. The molecule has 2 N–H and O–H groups in total. The molecule has 2 aromatic heterocycles. The van der Waals surface area contributed by atoms with Crippen LogP contribution in [0.1, 0.15) is 43.7 Å². The lowest BCUT2D eigenvalue weighted by Gasteiger charge is -2.41. The predicted molar refractivity (Wildman–Crippen MR) is 200 cm³/mol. The van der Waals surface area contributed by atoms with Gasteiger partial charge in [0, 0.05) is 24.7 Å². The molecule has 6 rings (SSSR count). The molecule has 1 fully saturated rings. The van der Waals surface area contributed by atoms with Gasteiger partial charge in [-0.3, -0.25) is 13.8 Å². The Labute approximate surface area is 305 Å². The van der Waals surface area contributed by atoms with Crippen LogP contribution in [-0.4, -0.2) is 71.2 Å². The molecule has 0 aliphatic carbocycles. The van der Waals surface area contributed by atoms with E-state index in [1.165, 1.54) is 16.7 Å². The van der Waals surface area contributed by atoms with E-state index in [1.807, 2.05) is 78.9 Å². The maximum Gasteiger partial charge on any atom is 0.327 e. The number of nitrogens with zero attached hydrogens (tertiary/aromatic N) is 3. The highest BCUT2D eigenvalue weighted by atomic mass is 31.2. The summed E-state index contributed by atoms with van der Waals surface area (Å²) in [4.78, 5) is 37.7. The SMILES string of the molecule is COc1ccc(C(OC[C@H]2O[C@@H](n3ccc(=O)n4ccnc34)[C@H](OP(O)O)[C@@H]2O[Si](C)(C)C(C)(C)C)(c2ccccc2)c2ccc(OC)cc2)cc1. The van der Waals surface area contributed by atoms with Crippen LogP contribution in [0.15, 0.2) is 108 Å². The molecule has 3 heterocycles. The van der Waals surface area contributed by atoms with E-state index in [0.717, 1.165) is 16.7 Å². The highest BCUT2D eigenvalue weighted by molar-refractivity contribution is 7.39. The lowest BCUT2D eigenvalue weighted by atomic mass is 9.80. The van der Waals surface area contributed by atoms with Crippen molar-refractivity contribution in [2.45, 2.75) is 69.0 Å². The van der Waals surface area contributed by atoms with Crippen molar-refractivity contribution in [3.05, 3.63) is 131 Å². The van der Waals surface area contributed by atoms with Crippen LogP contribution in [0.25, 0.3) is 5.78 Å². The van der Waals surface area contributed by atoms with Crippen molar-refractivity contribution in [1.82, 2.24) is 14.0 Å². The Morgan fingerprint density at radius 3 is 1.94 bits per heavy atom. The molecule has 1 saturated heterocycles. The zero-order chi connectivity index (χ0) is 37.3. The molecular weight excluding hydrogens is 701 g/mol. The first-order valence-electron chi connectivity index (χ1n) is 17.0. The van der Waals surface area contributed by atoms with Crippen LogP contribution in [0.4, 0.5) is 0 Å². The first kappa shape index (κ1) is 37.8. The van der Waals surface area contributed by atoms with Crippen molar-refractivity contribution >= 4 is 22.7 Å². The monoisotopic (exact) mass is 747 g/mol. The zero-order valence-corrected chi connectivity index (χ0v) is 32.3. The maximum atomic E-state index is 12.7. The topological polar surface area (TPSA) is 135 Å². The molecule has 5 aromatic rings. The van der Waals surface area contributed by atoms with Gasteiger partial charge in [0.1, 0.15) is 35.4 Å². The minimum atomic E-state index is -2.84. The maximum absolute atomic E-state index is 12.7. The summed E-state index contributed by atoms with van der Waals surface area (Å²) in [6.45, 7) is 10.6. The molecule has 0 saturated carbocycles. The lowest BCUT2D eigenvalue weighted by Crippen LogP contribution is -2.50. The van der Waals surface area contributed by atoms with Crippen LogP contribution in [0.5, 0.6) is 11.5 Å². The molecule has 52 heavy (non-hydrogen) atoms. The Kier molecular flexibility index (Phi) is 11.1. The molecule has 0 unspecified atom stereocenters. The summed E-state index contributed by atoms with van der Waals surface area (Å²) in [5, 5.41) is -0.210. The number of hydrogen-bond acceptors (Lipinski definition) is 10. The average Bonchev–Trinajstić information content (AvgIpc) is 3.75. The van der Waals surface area contributed by atoms with E-state index in [-0.39, 0.29) is 17.2 Å². The number of benzene rings is 3. The van der Waals surface area contributed by atoms with Gasteiger partial charge in [-0.05, 0) is 59.1 Å². The van der Waals surface area contributed by atoms with Crippen molar-refractivity contribution in [3.63, 3.8) is 0 Å². The highest BCUT2D eigenvalue weighted by Crippen LogP contribution is 2.47. The van der Waals surface area contributed by atoms with Gasteiger partial charge < -0.3 is 37.7 Å². The van der Waals surface area contributed by atoms with Crippen molar-refractivity contribution in [3.8, 4) is 11.5 Å². The number of fused-ring (bicyclic) bond motifs is 1. The van der Waals surface area contributed by atoms with Gasteiger partial charge in [-0.1, -0.05) is 75.4 Å². The number of rotatable bonds is 13. The molecule has 276 valence electrons. The third kappa shape index (κ3) is 7.33. The van der Waals surface area contributed by atoms with Gasteiger partial charge in [0.25, 0.3) is 5.56 Å². The zero-order valence-electron chi connectivity index (χ0n) is 30.4. The average molecular weight is 748 g/mol. The van der Waals surface area contributed by atoms with Crippen molar-refractivity contribution in [1.29, 1.82) is 0 Å². The Hall–Kier alpha value is -3.91. The smallest absolute Gasteiger partial charge is 0.327 e. The largest absolute Gasteiger partial charge is 0.497 e. The van der Waals surface area contributed by atoms with Crippen LogP contribution in [0, 0.1) is 0 Å². The van der Waals surface area contributed by atoms with Crippen molar-refractivity contribution in [2.75, 3.05) is 20.8 Å². The summed E-state index contributed by atoms with van der Waals surface area (Å²) in [6.07, 6.45) is 1.07. The van der Waals surface area contributed by atoms with E-state index in [9.17, 15) is 14.6 Å². The fraction of sp³-hybridized carbons (Fsp3) is 0.368. The Bertz CT molecular complexity index is 1950. The fourth-order valence-electron chi connectivity index (χ4n) is 6.38. The van der Waals surface area contributed by atoms with Gasteiger partial charge in [0.05, 0.1) is 20.8 Å². The van der Waals surface area contributed by atoms with E-state index in [4.69, 9.17) is 27.9 Å². The van der Waals surface area contributed by atoms with Crippen LogP contribution in [0.2, 0.25) is 18.1 Å². The van der Waals surface area contributed by atoms with Crippen LogP contribution in [0.3, 0.4) is 0 Å². The third-order valence-corrected chi connectivity index (χ3v) is 15.0. The molecule has 1 aliphatic heterocycles. The molecule has 3 aromatic carbocycles. The first-order valence-corrected chi connectivity index (χ1v) is 21.1. The van der Waals surface area contributed by atoms with E-state index in [2.05, 4.69) is 38.8 Å². The van der Waals surface area contributed by atoms with E-state index >= 15 is 0 Å². The highest BCUT2D eigenvalue weighted by Gasteiger charge is 2.53. The minimum absolute atomic E-state index is 0.0116. The molecule has 4 atom stereocenters. The number of hydrogen-bond donors (Lipinski definition) is 2. The van der Waals surface area contributed by atoms with Crippen LogP contribution < -0.4 is 15.0 Å². The Morgan fingerprint density at radius 1 is 0.827 bits per heavy atom. The summed E-state index contributed by atoms with van der Waals surface area (Å²) in [5.74, 6) is 1.69. The minimum Gasteiger partial charge on any atom is -0.497 e. The third-order valence-electron chi connectivity index (χ3n) is 10.1. The first-order chi connectivity index (χ1) is 24.8. The van der Waals surface area contributed by atoms with Crippen LogP contribution >= 0.6 is 8.60 Å². The van der Waals surface area contributed by atoms with Gasteiger partial charge in [-0.25, -0.2) is 4.98 Å². The summed E-state index contributed by atoms with van der Waals surface area (Å²) in [6, 6.07) is 26.8. The quantitative estimate of drug-likeness (QED) is 0.0791. The second kappa shape index (κ2) is 15.2. The fourth-order valence-corrected chi connectivity index (χ4v) is 8.14. The van der Waals surface area contributed by atoms with Gasteiger partial charge in [-0.2, -0.15) is 0 Å². The van der Waals surface area contributed by atoms with Gasteiger partial charge in [0.2, 0.25) is 5.78 Å². The van der Waals surface area contributed by atoms with Crippen molar-refractivity contribution < 1.29 is 37.7 Å². The van der Waals surface area contributed by atoms with Crippen LogP contribution in [-0.2, 0) is 24.0 Å². The van der Waals surface area contributed by atoms with Gasteiger partial charge in [0.15, 0.2) is 14.5 Å². The molecule has 0 radical (unpaired) electrons. The molecule has 1 aliphatic rings.